The van der Waals surface area contributed by atoms with Crippen LogP contribution in [0, 0.1) is 0 Å². The highest BCUT2D eigenvalue weighted by atomic mass is 35.5. The van der Waals surface area contributed by atoms with Gasteiger partial charge in [0.05, 0.1) is 12.6 Å². The number of aromatic nitrogens is 1. The molecule has 21 heavy (non-hydrogen) atoms. The largest absolute Gasteiger partial charge is 0.549 e. The molecule has 0 radical (unpaired) electrons. The molecule has 1 aromatic heterocycles. The van der Waals surface area contributed by atoms with Crippen LogP contribution in [0.3, 0.4) is 0 Å². The summed E-state index contributed by atoms with van der Waals surface area (Å²) in [5.74, 6) is -1.64. The van der Waals surface area contributed by atoms with Gasteiger partial charge in [-0.05, 0) is 37.6 Å². The summed E-state index contributed by atoms with van der Waals surface area (Å²) in [4.78, 5) is 15.5. The topological polar surface area (TPSA) is 75.4 Å². The maximum absolute atomic E-state index is 11.2. The second-order valence-corrected chi connectivity index (χ2v) is 4.85. The molecule has 1 heterocycles. The average Bonchev–Trinajstić information content (AvgIpc) is 2.84. The smallest absolute Gasteiger partial charge is 0.309 e. The molecule has 0 saturated carbocycles. The second kappa shape index (κ2) is 6.63. The fraction of sp³-hybridized carbons (Fsp3) is 0.333. The van der Waals surface area contributed by atoms with Gasteiger partial charge in [0.25, 0.3) is 0 Å². The van der Waals surface area contributed by atoms with Crippen LogP contribution in [0.15, 0.2) is 28.7 Å². The number of carbonyl (C=O) groups is 1. The maximum Gasteiger partial charge on any atom is 0.309 e. The van der Waals surface area contributed by atoms with Crippen molar-refractivity contribution in [2.24, 2.45) is 0 Å². The third kappa shape index (κ3) is 3.36. The number of rotatable bonds is 6. The zero-order valence-corrected chi connectivity index (χ0v) is 12.5. The Balaban J connectivity index is 2.45. The van der Waals surface area contributed by atoms with E-state index in [-0.39, 0.29) is 11.6 Å². The summed E-state index contributed by atoms with van der Waals surface area (Å²) in [7, 11) is 0. The molecule has 0 spiro atoms. The van der Waals surface area contributed by atoms with Crippen molar-refractivity contribution in [2.75, 3.05) is 6.61 Å². The molecule has 0 aliphatic carbocycles. The standard InChI is InChI=1S/C15H16ClNO4/c1-3-11(14(18)19)12-15(20-4-2)21-13(17-12)9-5-7-10(16)8-6-9/h5-8,11H,3-4H2,1-2H3,(H,18,19)/p-1. The third-order valence-electron chi connectivity index (χ3n) is 3.01. The van der Waals surface area contributed by atoms with E-state index in [9.17, 15) is 9.90 Å². The van der Waals surface area contributed by atoms with E-state index in [0.717, 1.165) is 0 Å². The quantitative estimate of drug-likeness (QED) is 0.820. The van der Waals surface area contributed by atoms with E-state index in [4.69, 9.17) is 20.8 Å². The van der Waals surface area contributed by atoms with Crippen molar-refractivity contribution in [2.45, 2.75) is 26.2 Å². The number of hydrogen-bond acceptors (Lipinski definition) is 5. The Morgan fingerprint density at radius 2 is 2.05 bits per heavy atom. The first-order valence-corrected chi connectivity index (χ1v) is 7.04. The van der Waals surface area contributed by atoms with Gasteiger partial charge in [0.15, 0.2) is 0 Å². The molecular weight excluding hydrogens is 294 g/mol. The van der Waals surface area contributed by atoms with Gasteiger partial charge < -0.3 is 19.1 Å². The first-order valence-electron chi connectivity index (χ1n) is 6.67. The number of carboxylic acids is 1. The SMILES string of the molecule is CCOc1oc(-c2ccc(Cl)cc2)nc1C(CC)C(=O)[O-]. The van der Waals surface area contributed by atoms with Crippen molar-refractivity contribution in [3.05, 3.63) is 35.0 Å². The Bertz CT molecular complexity index is 621. The Labute approximate surface area is 127 Å². The maximum atomic E-state index is 11.2. The van der Waals surface area contributed by atoms with Crippen LogP contribution in [-0.4, -0.2) is 17.6 Å². The van der Waals surface area contributed by atoms with E-state index in [2.05, 4.69) is 4.98 Å². The van der Waals surface area contributed by atoms with E-state index < -0.39 is 11.9 Å². The summed E-state index contributed by atoms with van der Waals surface area (Å²) < 4.78 is 10.9. The van der Waals surface area contributed by atoms with Crippen molar-refractivity contribution in [3.63, 3.8) is 0 Å². The summed E-state index contributed by atoms with van der Waals surface area (Å²) >= 11 is 5.84. The molecule has 0 saturated heterocycles. The van der Waals surface area contributed by atoms with E-state index >= 15 is 0 Å². The lowest BCUT2D eigenvalue weighted by Crippen LogP contribution is -2.29. The predicted molar refractivity (Wildman–Crippen MR) is 76.2 cm³/mol. The van der Waals surface area contributed by atoms with Gasteiger partial charge >= 0.3 is 5.95 Å². The van der Waals surface area contributed by atoms with E-state index in [1.807, 2.05) is 0 Å². The summed E-state index contributed by atoms with van der Waals surface area (Å²) in [6, 6.07) is 6.90. The number of halogens is 1. The van der Waals surface area contributed by atoms with Crippen LogP contribution >= 0.6 is 11.6 Å². The van der Waals surface area contributed by atoms with Crippen LogP contribution in [0.1, 0.15) is 31.9 Å². The van der Waals surface area contributed by atoms with E-state index in [1.54, 1.807) is 38.1 Å². The molecule has 1 aromatic carbocycles. The molecule has 0 bridgehead atoms. The van der Waals surface area contributed by atoms with Gasteiger partial charge in [0.2, 0.25) is 5.89 Å². The molecule has 0 amide bonds. The number of benzene rings is 1. The fourth-order valence-electron chi connectivity index (χ4n) is 1.96. The van der Waals surface area contributed by atoms with Crippen LogP contribution in [0.5, 0.6) is 5.95 Å². The zero-order chi connectivity index (χ0) is 15.4. The van der Waals surface area contributed by atoms with Gasteiger partial charge in [-0.25, -0.2) is 4.98 Å². The molecule has 0 N–H and O–H groups in total. The van der Waals surface area contributed by atoms with E-state index in [1.165, 1.54) is 0 Å². The molecule has 0 aliphatic heterocycles. The van der Waals surface area contributed by atoms with Crippen molar-refractivity contribution in [1.29, 1.82) is 0 Å². The molecule has 1 unspecified atom stereocenters. The minimum absolute atomic E-state index is 0.124. The summed E-state index contributed by atoms with van der Waals surface area (Å²) in [5.41, 5.74) is 0.948. The van der Waals surface area contributed by atoms with Gasteiger partial charge in [-0.1, -0.05) is 18.5 Å². The third-order valence-corrected chi connectivity index (χ3v) is 3.26. The van der Waals surface area contributed by atoms with Gasteiger partial charge in [-0.15, -0.1) is 0 Å². The first kappa shape index (κ1) is 15.4. The average molecular weight is 309 g/mol. The van der Waals surface area contributed by atoms with Crippen LogP contribution in [0.2, 0.25) is 5.02 Å². The summed E-state index contributed by atoms with van der Waals surface area (Å²) in [5, 5.41) is 11.8. The minimum Gasteiger partial charge on any atom is -0.549 e. The highest BCUT2D eigenvalue weighted by Gasteiger charge is 2.24. The fourth-order valence-corrected chi connectivity index (χ4v) is 2.09. The molecule has 6 heteroatoms. The Hall–Kier alpha value is -2.01. The summed E-state index contributed by atoms with van der Waals surface area (Å²) in [6.45, 7) is 3.88. The Morgan fingerprint density at radius 1 is 1.38 bits per heavy atom. The predicted octanol–water partition coefficient (Wildman–Crippen LogP) is 2.64. The molecule has 112 valence electrons. The van der Waals surface area contributed by atoms with Crippen LogP contribution in [-0.2, 0) is 4.79 Å². The van der Waals surface area contributed by atoms with Crippen LogP contribution in [0.25, 0.3) is 11.5 Å². The van der Waals surface area contributed by atoms with Crippen molar-refractivity contribution < 1.29 is 19.1 Å². The lowest BCUT2D eigenvalue weighted by atomic mass is 10.0. The highest BCUT2D eigenvalue weighted by molar-refractivity contribution is 6.30. The van der Waals surface area contributed by atoms with Crippen molar-refractivity contribution in [1.82, 2.24) is 4.98 Å². The lowest BCUT2D eigenvalue weighted by Gasteiger charge is -2.13. The Kier molecular flexibility index (Phi) is 4.85. The van der Waals surface area contributed by atoms with Crippen LogP contribution < -0.4 is 9.84 Å². The van der Waals surface area contributed by atoms with Gasteiger partial charge in [0, 0.05) is 16.5 Å². The highest BCUT2D eigenvalue weighted by Crippen LogP contribution is 2.33. The first-order chi connectivity index (χ1) is 10.1. The van der Waals surface area contributed by atoms with Crippen molar-refractivity contribution in [3.8, 4) is 17.4 Å². The normalized spacial score (nSPS) is 12.1. The number of hydrogen-bond donors (Lipinski definition) is 0. The number of aliphatic carboxylic acids is 1. The van der Waals surface area contributed by atoms with Gasteiger partial charge in [-0.3, -0.25) is 0 Å². The van der Waals surface area contributed by atoms with Crippen LogP contribution in [0.4, 0.5) is 0 Å². The number of nitrogens with zero attached hydrogens (tertiary/aromatic N) is 1. The zero-order valence-electron chi connectivity index (χ0n) is 11.8. The molecular formula is C15H15ClNO4-. The van der Waals surface area contributed by atoms with Crippen molar-refractivity contribution >= 4 is 17.6 Å². The minimum atomic E-state index is -1.20. The molecule has 0 aliphatic rings. The molecule has 0 fully saturated rings. The summed E-state index contributed by atoms with van der Waals surface area (Å²) in [6.07, 6.45) is 0.342. The monoisotopic (exact) mass is 308 g/mol. The van der Waals surface area contributed by atoms with Gasteiger partial charge in [-0.2, -0.15) is 0 Å². The number of carboxylic acid groups (broad SMARTS) is 1. The Morgan fingerprint density at radius 3 is 2.57 bits per heavy atom. The number of carbonyl (C=O) groups excluding carboxylic acids is 1. The van der Waals surface area contributed by atoms with E-state index in [0.29, 0.717) is 29.5 Å². The molecule has 5 nitrogen and oxygen atoms in total. The number of oxazole rings is 1. The lowest BCUT2D eigenvalue weighted by molar-refractivity contribution is -0.308. The molecule has 2 rings (SSSR count). The molecule has 2 aromatic rings. The molecule has 1 atom stereocenters. The second-order valence-electron chi connectivity index (χ2n) is 4.41. The number of ether oxygens (including phenoxy) is 1. The van der Waals surface area contributed by atoms with Gasteiger partial charge in [0.1, 0.15) is 5.69 Å².